The highest BCUT2D eigenvalue weighted by Crippen LogP contribution is 2.22. The van der Waals surface area contributed by atoms with Crippen molar-refractivity contribution in [1.29, 1.82) is 0 Å². The maximum Gasteiger partial charge on any atom is 0.243 e. The lowest BCUT2D eigenvalue weighted by Gasteiger charge is -2.36. The quantitative estimate of drug-likeness (QED) is 0.631. The molecule has 1 saturated heterocycles. The van der Waals surface area contributed by atoms with Crippen LogP contribution in [0.4, 0.5) is 0 Å². The molecule has 11 heteroatoms. The number of carbonyl (C=O) groups excluding carboxylic acids is 1. The SMILES string of the molecule is CC(C(=O)NC1CC1)N1CCN(S(=O)(=O)c2cccc(S(N)(=O)=O)c2)CC1. The fourth-order valence-corrected chi connectivity index (χ4v) is 5.11. The van der Waals surface area contributed by atoms with E-state index in [1.807, 2.05) is 11.8 Å². The van der Waals surface area contributed by atoms with E-state index >= 15 is 0 Å². The van der Waals surface area contributed by atoms with Crippen LogP contribution in [0, 0.1) is 0 Å². The zero-order valence-corrected chi connectivity index (χ0v) is 16.7. The van der Waals surface area contributed by atoms with Crippen molar-refractivity contribution in [2.45, 2.75) is 41.6 Å². The number of carbonyl (C=O) groups is 1. The summed E-state index contributed by atoms with van der Waals surface area (Å²) in [6.07, 6.45) is 2.03. The number of hydrogen-bond donors (Lipinski definition) is 2. The van der Waals surface area contributed by atoms with Crippen LogP contribution in [0.2, 0.25) is 0 Å². The summed E-state index contributed by atoms with van der Waals surface area (Å²) in [7, 11) is -7.82. The monoisotopic (exact) mass is 416 g/mol. The Morgan fingerprint density at radius 3 is 2.26 bits per heavy atom. The molecule has 150 valence electrons. The molecule has 1 saturated carbocycles. The molecule has 1 amide bonds. The van der Waals surface area contributed by atoms with E-state index < -0.39 is 20.0 Å². The van der Waals surface area contributed by atoms with Gasteiger partial charge in [-0.2, -0.15) is 4.31 Å². The van der Waals surface area contributed by atoms with E-state index in [0.717, 1.165) is 18.9 Å². The van der Waals surface area contributed by atoms with Gasteiger partial charge in [0.1, 0.15) is 0 Å². The van der Waals surface area contributed by atoms with Crippen LogP contribution in [0.25, 0.3) is 0 Å². The van der Waals surface area contributed by atoms with Crippen LogP contribution >= 0.6 is 0 Å². The van der Waals surface area contributed by atoms with Gasteiger partial charge in [-0.05, 0) is 38.0 Å². The van der Waals surface area contributed by atoms with E-state index in [1.54, 1.807) is 0 Å². The topological polar surface area (TPSA) is 130 Å². The second kappa shape index (κ2) is 7.47. The minimum Gasteiger partial charge on any atom is -0.352 e. The van der Waals surface area contributed by atoms with E-state index in [4.69, 9.17) is 5.14 Å². The Morgan fingerprint density at radius 1 is 1.11 bits per heavy atom. The predicted molar refractivity (Wildman–Crippen MR) is 98.8 cm³/mol. The van der Waals surface area contributed by atoms with Crippen LogP contribution in [-0.4, -0.2) is 70.2 Å². The number of rotatable bonds is 6. The first-order valence-corrected chi connectivity index (χ1v) is 11.7. The van der Waals surface area contributed by atoms with Crippen molar-refractivity contribution in [2.24, 2.45) is 5.14 Å². The second-order valence-corrected chi connectivity index (χ2v) is 10.4. The molecule has 2 fully saturated rings. The standard InChI is InChI=1S/C16H24N4O5S2/c1-12(16(21)18-13-5-6-13)19-7-9-20(10-8-19)27(24,25)15-4-2-3-14(11-15)26(17,22)23/h2-4,11-13H,5-10H2,1H3,(H,18,21)(H2,17,22,23). The number of benzene rings is 1. The highest BCUT2D eigenvalue weighted by atomic mass is 32.2. The lowest BCUT2D eigenvalue weighted by atomic mass is 10.2. The van der Waals surface area contributed by atoms with Gasteiger partial charge in [0.05, 0.1) is 15.8 Å². The summed E-state index contributed by atoms with van der Waals surface area (Å²) in [5.74, 6) is -0.0327. The molecule has 0 aromatic heterocycles. The molecule has 1 heterocycles. The van der Waals surface area contributed by atoms with Crippen molar-refractivity contribution >= 4 is 26.0 Å². The summed E-state index contributed by atoms with van der Waals surface area (Å²) in [5, 5.41) is 8.04. The summed E-state index contributed by atoms with van der Waals surface area (Å²) in [6.45, 7) is 3.12. The number of piperazine rings is 1. The van der Waals surface area contributed by atoms with Crippen molar-refractivity contribution in [2.75, 3.05) is 26.2 Å². The molecule has 0 bridgehead atoms. The lowest BCUT2D eigenvalue weighted by Crippen LogP contribution is -2.55. The zero-order chi connectivity index (χ0) is 19.8. The number of hydrogen-bond acceptors (Lipinski definition) is 6. The highest BCUT2D eigenvalue weighted by Gasteiger charge is 2.33. The molecule has 1 aliphatic heterocycles. The van der Waals surface area contributed by atoms with Gasteiger partial charge in [-0.25, -0.2) is 22.0 Å². The minimum atomic E-state index is -3.99. The molecule has 3 N–H and O–H groups in total. The molecule has 1 atom stereocenters. The number of nitrogens with two attached hydrogens (primary N) is 1. The third-order valence-corrected chi connectivity index (χ3v) is 7.70. The fraction of sp³-hybridized carbons (Fsp3) is 0.562. The fourth-order valence-electron chi connectivity index (χ4n) is 3.01. The maximum absolute atomic E-state index is 12.8. The van der Waals surface area contributed by atoms with Crippen molar-refractivity contribution in [1.82, 2.24) is 14.5 Å². The van der Waals surface area contributed by atoms with E-state index in [0.29, 0.717) is 13.1 Å². The summed E-state index contributed by atoms with van der Waals surface area (Å²) in [4.78, 5) is 13.8. The van der Waals surface area contributed by atoms with Gasteiger partial charge in [-0.3, -0.25) is 9.69 Å². The minimum absolute atomic E-state index is 0.0327. The zero-order valence-electron chi connectivity index (χ0n) is 15.0. The molecule has 9 nitrogen and oxygen atoms in total. The third kappa shape index (κ3) is 4.66. The Balaban J connectivity index is 1.67. The summed E-state index contributed by atoms with van der Waals surface area (Å²) in [5.41, 5.74) is 0. The van der Waals surface area contributed by atoms with E-state index in [1.165, 1.54) is 22.5 Å². The average Bonchev–Trinajstić information content (AvgIpc) is 3.44. The Labute approximate surface area is 159 Å². The van der Waals surface area contributed by atoms with Gasteiger partial charge in [0.25, 0.3) is 0 Å². The first-order valence-electron chi connectivity index (χ1n) is 8.76. The first kappa shape index (κ1) is 20.2. The normalized spacial score (nSPS) is 21.0. The number of nitrogens with zero attached hydrogens (tertiary/aromatic N) is 2. The summed E-state index contributed by atoms with van der Waals surface area (Å²) < 4.78 is 49.9. The van der Waals surface area contributed by atoms with E-state index in [2.05, 4.69) is 5.32 Å². The third-order valence-electron chi connectivity index (χ3n) is 4.90. The molecule has 2 aliphatic rings. The van der Waals surface area contributed by atoms with Crippen LogP contribution in [0.15, 0.2) is 34.1 Å². The van der Waals surface area contributed by atoms with Gasteiger partial charge in [0, 0.05) is 32.2 Å². The molecular weight excluding hydrogens is 392 g/mol. The van der Waals surface area contributed by atoms with Crippen molar-refractivity contribution < 1.29 is 21.6 Å². The van der Waals surface area contributed by atoms with E-state index in [9.17, 15) is 21.6 Å². The van der Waals surface area contributed by atoms with Crippen LogP contribution in [0.1, 0.15) is 19.8 Å². The summed E-state index contributed by atoms with van der Waals surface area (Å²) >= 11 is 0. The Morgan fingerprint density at radius 2 is 1.70 bits per heavy atom. The van der Waals surface area contributed by atoms with Gasteiger partial charge in [-0.15, -0.1) is 0 Å². The van der Waals surface area contributed by atoms with Crippen molar-refractivity contribution in [3.05, 3.63) is 24.3 Å². The van der Waals surface area contributed by atoms with Gasteiger partial charge in [-0.1, -0.05) is 6.07 Å². The van der Waals surface area contributed by atoms with Crippen LogP contribution in [0.3, 0.4) is 0 Å². The van der Waals surface area contributed by atoms with Crippen molar-refractivity contribution in [3.63, 3.8) is 0 Å². The smallest absolute Gasteiger partial charge is 0.243 e. The number of amides is 1. The van der Waals surface area contributed by atoms with Gasteiger partial charge in [0.15, 0.2) is 0 Å². The Bertz CT molecular complexity index is 920. The van der Waals surface area contributed by atoms with Crippen molar-refractivity contribution in [3.8, 4) is 0 Å². The lowest BCUT2D eigenvalue weighted by molar-refractivity contribution is -0.126. The van der Waals surface area contributed by atoms with Crippen LogP contribution < -0.4 is 10.5 Å². The molecule has 3 rings (SSSR count). The van der Waals surface area contributed by atoms with Crippen LogP contribution in [-0.2, 0) is 24.8 Å². The molecule has 0 radical (unpaired) electrons. The molecular formula is C16H24N4O5S2. The number of sulfonamides is 2. The van der Waals surface area contributed by atoms with Gasteiger partial charge in [0.2, 0.25) is 26.0 Å². The van der Waals surface area contributed by atoms with Crippen LogP contribution in [0.5, 0.6) is 0 Å². The second-order valence-electron chi connectivity index (χ2n) is 6.92. The number of primary sulfonamides is 1. The highest BCUT2D eigenvalue weighted by molar-refractivity contribution is 7.90. The largest absolute Gasteiger partial charge is 0.352 e. The average molecular weight is 417 g/mol. The molecule has 0 spiro atoms. The number of nitrogens with one attached hydrogen (secondary N) is 1. The molecule has 1 aliphatic carbocycles. The van der Waals surface area contributed by atoms with Gasteiger partial charge < -0.3 is 5.32 Å². The molecule has 1 unspecified atom stereocenters. The summed E-state index contributed by atoms with van der Waals surface area (Å²) in [6, 6.07) is 5.00. The first-order chi connectivity index (χ1) is 12.6. The van der Waals surface area contributed by atoms with Gasteiger partial charge >= 0.3 is 0 Å². The Kier molecular flexibility index (Phi) is 5.59. The molecule has 1 aromatic rings. The predicted octanol–water partition coefficient (Wildman–Crippen LogP) is -0.693. The molecule has 27 heavy (non-hydrogen) atoms. The maximum atomic E-state index is 12.8. The van der Waals surface area contributed by atoms with E-state index in [-0.39, 0.29) is 40.9 Å². The Hall–Kier alpha value is -1.53. The molecule has 1 aromatic carbocycles.